The molecular weight excluding hydrogens is 375 g/mol. The lowest BCUT2D eigenvalue weighted by molar-refractivity contribution is 0.0692. The summed E-state index contributed by atoms with van der Waals surface area (Å²) in [4.78, 5) is 14.5. The molecule has 0 spiro atoms. The largest absolute Gasteiger partial charge is 0.477 e. The Bertz CT molecular complexity index is 1130. The van der Waals surface area contributed by atoms with Crippen molar-refractivity contribution < 1.29 is 19.0 Å². The second-order valence-corrected chi connectivity index (χ2v) is 8.61. The van der Waals surface area contributed by atoms with Gasteiger partial charge in [-0.25, -0.2) is 4.79 Å². The quantitative estimate of drug-likeness (QED) is 0.665. The molecule has 3 rings (SSSR count). The topological polar surface area (TPSA) is 103 Å². The number of nitrogens with zero attached hydrogens (tertiary/aromatic N) is 1. The van der Waals surface area contributed by atoms with Crippen LogP contribution in [-0.4, -0.2) is 23.2 Å². The van der Waals surface area contributed by atoms with Crippen molar-refractivity contribution in [3.8, 4) is 6.07 Å². The summed E-state index contributed by atoms with van der Waals surface area (Å²) in [6.07, 6.45) is 0. The number of carboxylic acid groups (broad SMARTS) is 1. The predicted molar refractivity (Wildman–Crippen MR) is 100 cm³/mol. The Morgan fingerprint density at radius 2 is 2.04 bits per heavy atom. The number of halogens is 1. The van der Waals surface area contributed by atoms with Gasteiger partial charge in [0.1, 0.15) is 5.69 Å². The smallest absolute Gasteiger partial charge is 0.353 e. The molecule has 2 aromatic carbocycles. The van der Waals surface area contributed by atoms with Gasteiger partial charge in [-0.3, -0.25) is 4.57 Å². The summed E-state index contributed by atoms with van der Waals surface area (Å²) in [5.41, 5.74) is 1.28. The van der Waals surface area contributed by atoms with E-state index >= 15 is 0 Å². The van der Waals surface area contributed by atoms with Gasteiger partial charge in [0.25, 0.3) is 7.37 Å². The molecule has 1 aromatic heterocycles. The molecule has 0 radical (unpaired) electrons. The van der Waals surface area contributed by atoms with Crippen LogP contribution in [0.3, 0.4) is 0 Å². The number of benzene rings is 2. The lowest BCUT2D eigenvalue weighted by Crippen LogP contribution is -2.23. The van der Waals surface area contributed by atoms with Crippen LogP contribution >= 0.6 is 19.0 Å². The Morgan fingerprint density at radius 3 is 2.65 bits per heavy atom. The van der Waals surface area contributed by atoms with E-state index < -0.39 is 13.3 Å². The third-order valence-electron chi connectivity index (χ3n) is 4.03. The van der Waals surface area contributed by atoms with E-state index in [0.717, 1.165) is 0 Å². The summed E-state index contributed by atoms with van der Waals surface area (Å²) in [6, 6.07) is 11.5. The van der Waals surface area contributed by atoms with Crippen LogP contribution in [-0.2, 0) is 9.09 Å². The van der Waals surface area contributed by atoms with Crippen LogP contribution in [0.2, 0.25) is 5.02 Å². The first-order valence-electron chi connectivity index (χ1n) is 7.53. The molecule has 132 valence electrons. The molecular formula is C18H14ClN2O4P. The van der Waals surface area contributed by atoms with Crippen molar-refractivity contribution in [2.75, 3.05) is 7.11 Å². The van der Waals surface area contributed by atoms with Gasteiger partial charge in [-0.15, -0.1) is 0 Å². The van der Waals surface area contributed by atoms with E-state index in [2.05, 4.69) is 4.98 Å². The van der Waals surface area contributed by atoms with Gasteiger partial charge < -0.3 is 14.6 Å². The van der Waals surface area contributed by atoms with Crippen molar-refractivity contribution in [2.45, 2.75) is 6.92 Å². The summed E-state index contributed by atoms with van der Waals surface area (Å²) >= 11 is 6.06. The minimum atomic E-state index is -3.80. The third-order valence-corrected chi connectivity index (χ3v) is 6.77. The van der Waals surface area contributed by atoms with E-state index in [4.69, 9.17) is 16.1 Å². The van der Waals surface area contributed by atoms with Gasteiger partial charge >= 0.3 is 5.97 Å². The van der Waals surface area contributed by atoms with Crippen LogP contribution in [0.25, 0.3) is 10.9 Å². The maximum Gasteiger partial charge on any atom is 0.353 e. The van der Waals surface area contributed by atoms with Gasteiger partial charge in [0.05, 0.1) is 16.9 Å². The molecule has 6 nitrogen and oxygen atoms in total. The number of aryl methyl sites for hydroxylation is 1. The number of nitriles is 1. The van der Waals surface area contributed by atoms with Crippen LogP contribution in [0.1, 0.15) is 21.6 Å². The highest BCUT2D eigenvalue weighted by Crippen LogP contribution is 2.47. The molecule has 1 heterocycles. The first-order valence-corrected chi connectivity index (χ1v) is 9.53. The highest BCUT2D eigenvalue weighted by Gasteiger charge is 2.36. The van der Waals surface area contributed by atoms with Gasteiger partial charge in [-0.2, -0.15) is 5.26 Å². The Morgan fingerprint density at radius 1 is 1.31 bits per heavy atom. The number of fused-ring (bicyclic) bond motifs is 1. The van der Waals surface area contributed by atoms with E-state index in [-0.39, 0.29) is 16.3 Å². The van der Waals surface area contributed by atoms with Crippen molar-refractivity contribution in [1.29, 1.82) is 5.26 Å². The van der Waals surface area contributed by atoms with Gasteiger partial charge in [0.2, 0.25) is 0 Å². The molecule has 0 bridgehead atoms. The fourth-order valence-corrected chi connectivity index (χ4v) is 5.39. The number of rotatable bonds is 4. The fraction of sp³-hybridized carbons (Fsp3) is 0.111. The number of carbonyl (C=O) groups is 1. The molecule has 0 fully saturated rings. The van der Waals surface area contributed by atoms with E-state index in [1.54, 1.807) is 37.3 Å². The summed E-state index contributed by atoms with van der Waals surface area (Å²) in [7, 11) is -2.55. The minimum absolute atomic E-state index is 0.0273. The second-order valence-electron chi connectivity index (χ2n) is 5.75. The highest BCUT2D eigenvalue weighted by molar-refractivity contribution is 7.75. The molecule has 0 saturated carbocycles. The average molecular weight is 389 g/mol. The summed E-state index contributed by atoms with van der Waals surface area (Å²) in [6.45, 7) is 1.76. The molecule has 26 heavy (non-hydrogen) atoms. The predicted octanol–water partition coefficient (Wildman–Crippen LogP) is 3.57. The van der Waals surface area contributed by atoms with E-state index in [0.29, 0.717) is 27.1 Å². The Balaban J connectivity index is 2.42. The van der Waals surface area contributed by atoms with Crippen molar-refractivity contribution >= 4 is 46.5 Å². The first kappa shape index (κ1) is 18.2. The zero-order valence-corrected chi connectivity index (χ0v) is 15.6. The van der Waals surface area contributed by atoms with E-state index in [9.17, 15) is 19.7 Å². The highest BCUT2D eigenvalue weighted by atomic mass is 35.5. The van der Waals surface area contributed by atoms with Gasteiger partial charge in [-0.1, -0.05) is 11.6 Å². The first-order chi connectivity index (χ1) is 12.3. The normalized spacial score (nSPS) is 13.3. The summed E-state index contributed by atoms with van der Waals surface area (Å²) in [5, 5.41) is 19.9. The molecule has 1 unspecified atom stereocenters. The van der Waals surface area contributed by atoms with Crippen molar-refractivity contribution in [1.82, 2.24) is 4.98 Å². The number of hydrogen-bond acceptors (Lipinski definition) is 4. The summed E-state index contributed by atoms with van der Waals surface area (Å²) in [5.74, 6) is -1.27. The second kappa shape index (κ2) is 6.62. The lowest BCUT2D eigenvalue weighted by atomic mass is 10.2. The molecule has 2 N–H and O–H groups in total. The number of carboxylic acids is 1. The molecule has 0 aliphatic carbocycles. The SMILES string of the molecule is COP(=O)(c1cc(C)cc(C#N)c1)c1c(C(=O)O)[nH]c2ccc(Cl)cc12. The number of hydrogen-bond donors (Lipinski definition) is 2. The van der Waals surface area contributed by atoms with Crippen molar-refractivity contribution in [2.24, 2.45) is 0 Å². The molecule has 0 aliphatic rings. The fourth-order valence-electron chi connectivity index (χ4n) is 2.93. The average Bonchev–Trinajstić information content (AvgIpc) is 2.99. The zero-order chi connectivity index (χ0) is 19.1. The maximum atomic E-state index is 13.9. The van der Waals surface area contributed by atoms with Crippen LogP contribution in [0.15, 0.2) is 36.4 Å². The number of nitrogens with one attached hydrogen (secondary N) is 1. The Kier molecular flexibility index (Phi) is 4.64. The van der Waals surface area contributed by atoms with Crippen LogP contribution in [0, 0.1) is 18.3 Å². The molecule has 8 heteroatoms. The van der Waals surface area contributed by atoms with Crippen LogP contribution in [0.5, 0.6) is 0 Å². The third kappa shape index (κ3) is 2.91. The van der Waals surface area contributed by atoms with Crippen molar-refractivity contribution in [3.05, 3.63) is 58.2 Å². The Hall–Kier alpha value is -2.58. The molecule has 1 atom stereocenters. The van der Waals surface area contributed by atoms with Gasteiger partial charge in [-0.05, 0) is 48.9 Å². The van der Waals surface area contributed by atoms with E-state index in [1.165, 1.54) is 13.2 Å². The monoisotopic (exact) mass is 388 g/mol. The van der Waals surface area contributed by atoms with Crippen LogP contribution in [0.4, 0.5) is 0 Å². The standard InChI is InChI=1S/C18H14ClN2O4P/c1-10-5-11(9-20)7-13(6-10)26(24,25-2)17-14-8-12(19)3-4-15(14)21-16(17)18(22)23/h3-8,21H,1-2H3,(H,22,23). The molecule has 0 amide bonds. The number of aromatic amines is 1. The number of aromatic nitrogens is 1. The van der Waals surface area contributed by atoms with Crippen LogP contribution < -0.4 is 10.6 Å². The minimum Gasteiger partial charge on any atom is -0.477 e. The van der Waals surface area contributed by atoms with E-state index in [1.807, 2.05) is 6.07 Å². The zero-order valence-electron chi connectivity index (χ0n) is 13.9. The molecule has 0 saturated heterocycles. The maximum absolute atomic E-state index is 13.9. The summed E-state index contributed by atoms with van der Waals surface area (Å²) < 4.78 is 19.2. The molecule has 0 aliphatic heterocycles. The number of H-pyrrole nitrogens is 1. The van der Waals surface area contributed by atoms with Gasteiger partial charge in [0, 0.05) is 28.3 Å². The van der Waals surface area contributed by atoms with Crippen molar-refractivity contribution in [3.63, 3.8) is 0 Å². The molecule has 3 aromatic rings. The van der Waals surface area contributed by atoms with Gasteiger partial charge in [0.15, 0.2) is 0 Å². The number of aromatic carboxylic acids is 1. The lowest BCUT2D eigenvalue weighted by Gasteiger charge is -2.18. The Labute approximate surface area is 154 Å².